The standard InChI is InChI=1S/C22H26O4/c1-3-25-20(23)22(21(24)26-4-2)14-18-12-8-11-17(13-19(18)15-22)16-9-6-5-7-10-16/h5-10,12-13,17-18H,3-4,11,14-15H2,1-2H3/t17-,18+/m0/s1. The van der Waals surface area contributed by atoms with E-state index in [4.69, 9.17) is 9.47 Å². The second-order valence-corrected chi connectivity index (χ2v) is 6.93. The van der Waals surface area contributed by atoms with Gasteiger partial charge in [-0.2, -0.15) is 0 Å². The van der Waals surface area contributed by atoms with Crippen LogP contribution in [0.15, 0.2) is 54.1 Å². The third-order valence-corrected chi connectivity index (χ3v) is 5.28. The Labute approximate surface area is 154 Å². The third-order valence-electron chi connectivity index (χ3n) is 5.28. The number of allylic oxidation sites excluding steroid dienone is 4. The molecule has 0 N–H and O–H groups in total. The number of fused-ring (bicyclic) bond motifs is 1. The summed E-state index contributed by atoms with van der Waals surface area (Å²) in [5.41, 5.74) is 1.16. The van der Waals surface area contributed by atoms with Crippen molar-refractivity contribution in [3.05, 3.63) is 59.7 Å². The Morgan fingerprint density at radius 1 is 1.04 bits per heavy atom. The number of benzene rings is 1. The summed E-state index contributed by atoms with van der Waals surface area (Å²) in [4.78, 5) is 25.4. The maximum atomic E-state index is 12.7. The van der Waals surface area contributed by atoms with Crippen molar-refractivity contribution in [1.82, 2.24) is 0 Å². The van der Waals surface area contributed by atoms with Gasteiger partial charge in [0.1, 0.15) is 0 Å². The molecule has 138 valence electrons. The van der Waals surface area contributed by atoms with Gasteiger partial charge in [-0.15, -0.1) is 0 Å². The van der Waals surface area contributed by atoms with Gasteiger partial charge in [-0.3, -0.25) is 9.59 Å². The summed E-state index contributed by atoms with van der Waals surface area (Å²) in [6.07, 6.45) is 8.26. The molecule has 1 saturated carbocycles. The molecule has 2 atom stereocenters. The first kappa shape index (κ1) is 18.4. The van der Waals surface area contributed by atoms with E-state index in [9.17, 15) is 9.59 Å². The monoisotopic (exact) mass is 354 g/mol. The van der Waals surface area contributed by atoms with E-state index in [0.29, 0.717) is 12.8 Å². The summed E-state index contributed by atoms with van der Waals surface area (Å²) in [7, 11) is 0. The molecular formula is C22H26O4. The summed E-state index contributed by atoms with van der Waals surface area (Å²) in [6.45, 7) is 4.03. The Morgan fingerprint density at radius 2 is 1.69 bits per heavy atom. The van der Waals surface area contributed by atoms with Crippen LogP contribution in [0.4, 0.5) is 0 Å². The molecule has 0 radical (unpaired) electrons. The Bertz CT molecular complexity index is 699. The SMILES string of the molecule is CCOC(=O)C1(C(=O)OCC)CC2=C[C@@H](c3ccccc3)CC=C[C@@H]2C1. The number of ether oxygens (including phenoxy) is 2. The highest BCUT2D eigenvalue weighted by atomic mass is 16.6. The van der Waals surface area contributed by atoms with Crippen LogP contribution in [0.5, 0.6) is 0 Å². The molecule has 0 aromatic heterocycles. The highest BCUT2D eigenvalue weighted by Gasteiger charge is 2.55. The number of esters is 2. The quantitative estimate of drug-likeness (QED) is 0.452. The Kier molecular flexibility index (Phi) is 5.60. The van der Waals surface area contributed by atoms with E-state index < -0.39 is 17.4 Å². The fourth-order valence-corrected chi connectivity index (χ4v) is 4.01. The zero-order chi connectivity index (χ0) is 18.6. The Balaban J connectivity index is 1.93. The molecule has 4 nitrogen and oxygen atoms in total. The minimum absolute atomic E-state index is 0.0810. The molecule has 0 saturated heterocycles. The number of carbonyl (C=O) groups is 2. The van der Waals surface area contributed by atoms with Crippen LogP contribution in [0.25, 0.3) is 0 Å². The van der Waals surface area contributed by atoms with Gasteiger partial charge < -0.3 is 9.47 Å². The van der Waals surface area contributed by atoms with Crippen molar-refractivity contribution >= 4 is 11.9 Å². The molecule has 3 rings (SSSR count). The number of hydrogen-bond donors (Lipinski definition) is 0. The smallest absolute Gasteiger partial charge is 0.323 e. The third kappa shape index (κ3) is 3.46. The summed E-state index contributed by atoms with van der Waals surface area (Å²) in [5, 5.41) is 0. The Hall–Kier alpha value is -2.36. The van der Waals surface area contributed by atoms with Gasteiger partial charge in [0, 0.05) is 5.92 Å². The average molecular weight is 354 g/mol. The Morgan fingerprint density at radius 3 is 2.31 bits per heavy atom. The first-order chi connectivity index (χ1) is 12.6. The van der Waals surface area contributed by atoms with E-state index >= 15 is 0 Å². The van der Waals surface area contributed by atoms with Gasteiger partial charge in [0.05, 0.1) is 13.2 Å². The molecule has 26 heavy (non-hydrogen) atoms. The van der Waals surface area contributed by atoms with E-state index in [-0.39, 0.29) is 25.0 Å². The molecule has 4 heteroatoms. The molecule has 0 spiro atoms. The van der Waals surface area contributed by atoms with Gasteiger partial charge >= 0.3 is 11.9 Å². The topological polar surface area (TPSA) is 52.6 Å². The molecule has 0 aliphatic heterocycles. The maximum Gasteiger partial charge on any atom is 0.323 e. The summed E-state index contributed by atoms with van der Waals surface area (Å²) in [6, 6.07) is 10.3. The summed E-state index contributed by atoms with van der Waals surface area (Å²) in [5.74, 6) is -0.584. The number of rotatable bonds is 5. The van der Waals surface area contributed by atoms with Crippen molar-refractivity contribution < 1.29 is 19.1 Å². The molecule has 1 fully saturated rings. The lowest BCUT2D eigenvalue weighted by Gasteiger charge is -2.24. The van der Waals surface area contributed by atoms with Crippen LogP contribution in [0.3, 0.4) is 0 Å². The zero-order valence-corrected chi connectivity index (χ0v) is 15.4. The number of carbonyl (C=O) groups excluding carboxylic acids is 2. The molecule has 1 aromatic rings. The van der Waals surface area contributed by atoms with Gasteiger partial charge in [0.2, 0.25) is 0 Å². The normalized spacial score (nSPS) is 23.5. The van der Waals surface area contributed by atoms with Gasteiger partial charge in [-0.1, -0.05) is 54.1 Å². The molecule has 0 unspecified atom stereocenters. The first-order valence-electron chi connectivity index (χ1n) is 9.37. The van der Waals surface area contributed by atoms with Crippen molar-refractivity contribution in [2.45, 2.75) is 39.0 Å². The lowest BCUT2D eigenvalue weighted by Crippen LogP contribution is -2.40. The van der Waals surface area contributed by atoms with Crippen LogP contribution in [0, 0.1) is 11.3 Å². The average Bonchev–Trinajstić information content (AvgIpc) is 2.91. The van der Waals surface area contributed by atoms with Gasteiger partial charge in [0.15, 0.2) is 5.41 Å². The lowest BCUT2D eigenvalue weighted by atomic mass is 9.84. The van der Waals surface area contributed by atoms with Crippen molar-refractivity contribution in [3.63, 3.8) is 0 Å². The van der Waals surface area contributed by atoms with Crippen LogP contribution in [0.2, 0.25) is 0 Å². The van der Waals surface area contributed by atoms with Crippen molar-refractivity contribution in [2.24, 2.45) is 11.3 Å². The van der Waals surface area contributed by atoms with Gasteiger partial charge in [0.25, 0.3) is 0 Å². The highest BCUT2D eigenvalue weighted by molar-refractivity contribution is 6.01. The van der Waals surface area contributed by atoms with Crippen molar-refractivity contribution in [2.75, 3.05) is 13.2 Å². The van der Waals surface area contributed by atoms with Crippen LogP contribution >= 0.6 is 0 Å². The predicted octanol–water partition coefficient (Wildman–Crippen LogP) is 4.18. The molecule has 1 aromatic carbocycles. The van der Waals surface area contributed by atoms with Gasteiger partial charge in [-0.05, 0) is 44.6 Å². The molecule has 0 bridgehead atoms. The number of hydrogen-bond acceptors (Lipinski definition) is 4. The van der Waals surface area contributed by atoms with E-state index in [2.05, 4.69) is 30.4 Å². The highest BCUT2D eigenvalue weighted by Crippen LogP contribution is 2.50. The second kappa shape index (κ2) is 7.90. The first-order valence-corrected chi connectivity index (χ1v) is 9.37. The summed E-state index contributed by atoms with van der Waals surface area (Å²) >= 11 is 0. The fourth-order valence-electron chi connectivity index (χ4n) is 4.01. The molecular weight excluding hydrogens is 328 g/mol. The fraction of sp³-hybridized carbons (Fsp3) is 0.455. The van der Waals surface area contributed by atoms with E-state index in [1.807, 2.05) is 18.2 Å². The predicted molar refractivity (Wildman–Crippen MR) is 99.4 cm³/mol. The van der Waals surface area contributed by atoms with Crippen molar-refractivity contribution in [3.8, 4) is 0 Å². The molecule has 2 aliphatic rings. The van der Waals surface area contributed by atoms with Crippen LogP contribution < -0.4 is 0 Å². The minimum Gasteiger partial charge on any atom is -0.465 e. The largest absolute Gasteiger partial charge is 0.465 e. The van der Waals surface area contributed by atoms with Crippen molar-refractivity contribution in [1.29, 1.82) is 0 Å². The van der Waals surface area contributed by atoms with E-state index in [1.165, 1.54) is 5.56 Å². The van der Waals surface area contributed by atoms with Crippen LogP contribution in [-0.4, -0.2) is 25.2 Å². The second-order valence-electron chi connectivity index (χ2n) is 6.93. The van der Waals surface area contributed by atoms with Gasteiger partial charge in [-0.25, -0.2) is 0 Å². The van der Waals surface area contributed by atoms with E-state index in [0.717, 1.165) is 12.0 Å². The summed E-state index contributed by atoms with van der Waals surface area (Å²) < 4.78 is 10.5. The lowest BCUT2D eigenvalue weighted by molar-refractivity contribution is -0.171. The zero-order valence-electron chi connectivity index (χ0n) is 15.4. The molecule has 0 heterocycles. The van der Waals surface area contributed by atoms with E-state index in [1.54, 1.807) is 13.8 Å². The minimum atomic E-state index is -1.22. The maximum absolute atomic E-state index is 12.7. The molecule has 2 aliphatic carbocycles. The van der Waals surface area contributed by atoms with Crippen LogP contribution in [-0.2, 0) is 19.1 Å². The molecule has 0 amide bonds. The van der Waals surface area contributed by atoms with Crippen LogP contribution in [0.1, 0.15) is 44.6 Å².